The molecule has 1 saturated carbocycles. The molecule has 7 nitrogen and oxygen atoms in total. The Bertz CT molecular complexity index is 1990. The average molecular weight is 754 g/mol. The van der Waals surface area contributed by atoms with Gasteiger partial charge in [-0.3, -0.25) is 14.5 Å². The number of carbonyl (C=O) groups excluding carboxylic acids is 2. The maximum absolute atomic E-state index is 14.3. The van der Waals surface area contributed by atoms with Crippen LogP contribution in [0.3, 0.4) is 0 Å². The fraction of sp³-hybridized carbons (Fsp3) is 0.409. The number of amides is 1. The van der Waals surface area contributed by atoms with Gasteiger partial charge in [0.05, 0.1) is 15.7 Å². The molecule has 4 aromatic carbocycles. The van der Waals surface area contributed by atoms with Crippen LogP contribution in [-0.4, -0.2) is 36.0 Å². The molecule has 7 atom stereocenters. The molecule has 3 heterocycles. The molecule has 0 aromatic heterocycles. The number of nitrogens with zero attached hydrogens (tertiary/aromatic N) is 2. The maximum Gasteiger partial charge on any atom is 0.324 e. The number of carbonyl (C=O) groups is 2. The normalized spacial score (nSPS) is 27.3. The quantitative estimate of drug-likeness (QED) is 0.189. The van der Waals surface area contributed by atoms with Crippen LogP contribution in [0, 0.1) is 17.8 Å². The Hall–Kier alpha value is -4.04. The summed E-state index contributed by atoms with van der Waals surface area (Å²) >= 11 is 12.2. The summed E-state index contributed by atoms with van der Waals surface area (Å²) in [5, 5.41) is 0.980. The van der Waals surface area contributed by atoms with Crippen LogP contribution in [0.1, 0.15) is 85.9 Å². The molecule has 1 unspecified atom stereocenters. The Labute approximate surface area is 322 Å². The van der Waals surface area contributed by atoms with E-state index < -0.39 is 12.1 Å². The highest BCUT2D eigenvalue weighted by atomic mass is 35.5. The third kappa shape index (κ3) is 7.28. The summed E-state index contributed by atoms with van der Waals surface area (Å²) in [4.78, 5) is 32.2. The molecular formula is C44H46Cl2N2O5. The molecule has 1 saturated heterocycles. The number of fused-ring (bicyclic) bond motifs is 4. The number of ether oxygens (including phenoxy) is 3. The third-order valence-electron chi connectivity index (χ3n) is 12.0. The number of rotatable bonds is 5. The van der Waals surface area contributed by atoms with Gasteiger partial charge in [-0.05, 0) is 109 Å². The van der Waals surface area contributed by atoms with Crippen LogP contribution in [0.2, 0.25) is 10.0 Å². The predicted molar refractivity (Wildman–Crippen MR) is 207 cm³/mol. The molecule has 0 bridgehead atoms. The lowest BCUT2D eigenvalue weighted by molar-refractivity contribution is -0.166. The minimum absolute atomic E-state index is 0.0430. The number of hydrogen-bond acceptors (Lipinski definition) is 6. The Morgan fingerprint density at radius 2 is 1.58 bits per heavy atom. The van der Waals surface area contributed by atoms with Gasteiger partial charge < -0.3 is 19.1 Å². The van der Waals surface area contributed by atoms with Gasteiger partial charge in [-0.25, -0.2) is 0 Å². The highest BCUT2D eigenvalue weighted by Gasteiger charge is 2.44. The first-order chi connectivity index (χ1) is 25.6. The molecule has 0 spiro atoms. The number of esters is 1. The van der Waals surface area contributed by atoms with E-state index in [1.807, 2.05) is 42.5 Å². The van der Waals surface area contributed by atoms with Crippen molar-refractivity contribution >= 4 is 40.8 Å². The second-order valence-electron chi connectivity index (χ2n) is 15.5. The summed E-state index contributed by atoms with van der Waals surface area (Å²) in [5.74, 6) is 2.44. The third-order valence-corrected chi connectivity index (χ3v) is 12.8. The average Bonchev–Trinajstić information content (AvgIpc) is 3.16. The minimum atomic E-state index is -0.806. The second-order valence-corrected chi connectivity index (χ2v) is 16.3. The zero-order valence-corrected chi connectivity index (χ0v) is 32.0. The summed E-state index contributed by atoms with van der Waals surface area (Å²) in [5.41, 5.74) is 5.73. The van der Waals surface area contributed by atoms with Crippen LogP contribution >= 0.6 is 23.2 Å². The fourth-order valence-corrected chi connectivity index (χ4v) is 9.26. The van der Waals surface area contributed by atoms with Gasteiger partial charge in [0.25, 0.3) is 5.91 Å². The van der Waals surface area contributed by atoms with Crippen LogP contribution < -0.4 is 14.4 Å². The lowest BCUT2D eigenvalue weighted by Crippen LogP contribution is -2.51. The number of anilines is 1. The summed E-state index contributed by atoms with van der Waals surface area (Å²) in [6.45, 7) is 5.54. The SMILES string of the molecule is CC1CC[C@@H](c2ccccc2)N2Cc3cc4c(cc3C[C@H]2C(=O)O[C@@H]2C[C@H](C)CC[C@@H]12)N(C)C(=O)[C@H](c1ccc(OCc2ccc(Cl)c(Cl)c2)cc1)O4. The smallest absolute Gasteiger partial charge is 0.324 e. The van der Waals surface area contributed by atoms with Crippen LogP contribution in [0.25, 0.3) is 0 Å². The van der Waals surface area contributed by atoms with Gasteiger partial charge in [0.2, 0.25) is 6.10 Å². The number of hydrogen-bond donors (Lipinski definition) is 0. The van der Waals surface area contributed by atoms with Crippen molar-refractivity contribution in [3.63, 3.8) is 0 Å². The Morgan fingerprint density at radius 3 is 2.36 bits per heavy atom. The van der Waals surface area contributed by atoms with Crippen molar-refractivity contribution in [2.24, 2.45) is 17.8 Å². The summed E-state index contributed by atoms with van der Waals surface area (Å²) in [6, 6.07) is 27.2. The van der Waals surface area contributed by atoms with E-state index >= 15 is 0 Å². The first-order valence-electron chi connectivity index (χ1n) is 18.9. The van der Waals surface area contributed by atoms with E-state index in [0.717, 1.165) is 47.9 Å². The van der Waals surface area contributed by atoms with E-state index in [-0.39, 0.29) is 24.0 Å². The highest BCUT2D eigenvalue weighted by molar-refractivity contribution is 6.42. The van der Waals surface area contributed by atoms with E-state index in [0.29, 0.717) is 64.6 Å². The zero-order chi connectivity index (χ0) is 36.8. The van der Waals surface area contributed by atoms with Gasteiger partial charge in [0.1, 0.15) is 30.3 Å². The first kappa shape index (κ1) is 36.0. The molecule has 0 radical (unpaired) electrons. The van der Waals surface area contributed by atoms with Gasteiger partial charge in [0, 0.05) is 25.2 Å². The Kier molecular flexibility index (Phi) is 10.2. The largest absolute Gasteiger partial charge is 0.489 e. The van der Waals surface area contributed by atoms with Gasteiger partial charge in [-0.2, -0.15) is 0 Å². The van der Waals surface area contributed by atoms with Crippen molar-refractivity contribution in [2.45, 2.75) is 89.8 Å². The molecule has 3 aliphatic heterocycles. The van der Waals surface area contributed by atoms with Gasteiger partial charge in [0.15, 0.2) is 0 Å². The van der Waals surface area contributed by atoms with Gasteiger partial charge in [-0.1, -0.05) is 92.0 Å². The molecule has 8 rings (SSSR count). The number of halogens is 2. The molecule has 4 aromatic rings. The van der Waals surface area contributed by atoms with Crippen LogP contribution in [0.5, 0.6) is 11.5 Å². The fourth-order valence-electron chi connectivity index (χ4n) is 8.94. The summed E-state index contributed by atoms with van der Waals surface area (Å²) in [7, 11) is 1.79. The molecule has 9 heteroatoms. The summed E-state index contributed by atoms with van der Waals surface area (Å²) < 4.78 is 19.0. The lowest BCUT2D eigenvalue weighted by atomic mass is 9.72. The van der Waals surface area contributed by atoms with E-state index in [4.69, 9.17) is 37.4 Å². The van der Waals surface area contributed by atoms with Gasteiger partial charge in [-0.15, -0.1) is 0 Å². The molecule has 1 aliphatic carbocycles. The molecule has 53 heavy (non-hydrogen) atoms. The van der Waals surface area contributed by atoms with Crippen LogP contribution in [0.4, 0.5) is 5.69 Å². The molecule has 2 fully saturated rings. The Morgan fingerprint density at radius 1 is 0.792 bits per heavy atom. The van der Waals surface area contributed by atoms with E-state index in [1.165, 1.54) is 12.0 Å². The van der Waals surface area contributed by atoms with E-state index in [1.54, 1.807) is 24.1 Å². The topological polar surface area (TPSA) is 68.3 Å². The zero-order valence-electron chi connectivity index (χ0n) is 30.5. The molecular weight excluding hydrogens is 707 g/mol. The lowest BCUT2D eigenvalue weighted by Gasteiger charge is -2.45. The molecule has 276 valence electrons. The van der Waals surface area contributed by atoms with Crippen molar-refractivity contribution < 1.29 is 23.8 Å². The highest BCUT2D eigenvalue weighted by Crippen LogP contribution is 2.46. The van der Waals surface area contributed by atoms with Crippen molar-refractivity contribution in [3.8, 4) is 11.5 Å². The molecule has 0 N–H and O–H groups in total. The second kappa shape index (κ2) is 15.0. The van der Waals surface area contributed by atoms with E-state index in [2.05, 4.69) is 49.1 Å². The van der Waals surface area contributed by atoms with Crippen molar-refractivity contribution in [1.29, 1.82) is 0 Å². The molecule has 4 aliphatic rings. The van der Waals surface area contributed by atoms with E-state index in [9.17, 15) is 9.59 Å². The number of likely N-dealkylation sites (N-methyl/N-ethyl adjacent to an activating group) is 1. The maximum atomic E-state index is 14.3. The Balaban J connectivity index is 1.06. The molecule has 1 amide bonds. The van der Waals surface area contributed by atoms with Crippen molar-refractivity contribution in [1.82, 2.24) is 4.90 Å². The standard InChI is InChI=1S/C44H46Cl2N2O5/c1-26-9-16-34-27(2)10-18-37(29-7-5-4-6-8-29)48-24-32-23-41-38(21-31(32)22-39(48)44(50)53-40(34)19-26)47(3)43(49)42(52-41)30-12-14-33(15-13-30)51-25-28-11-17-35(45)36(46)20-28/h4-8,11-15,17,20-21,23,26-27,34,37,39-40,42H,9-10,16,18-19,22,24-25H2,1-3H3/t26-,27?,34+,37+,39+,40-,42+/m1/s1. The first-order valence-corrected chi connectivity index (χ1v) is 19.7. The van der Waals surface area contributed by atoms with Crippen molar-refractivity contribution in [3.05, 3.63) is 123 Å². The van der Waals surface area contributed by atoms with Gasteiger partial charge >= 0.3 is 5.97 Å². The monoisotopic (exact) mass is 752 g/mol. The van der Waals surface area contributed by atoms with Crippen LogP contribution in [-0.2, 0) is 33.9 Å². The van der Waals surface area contributed by atoms with Crippen LogP contribution in [0.15, 0.2) is 84.9 Å². The van der Waals surface area contributed by atoms with Crippen molar-refractivity contribution in [2.75, 3.05) is 11.9 Å². The summed E-state index contributed by atoms with van der Waals surface area (Å²) in [6.07, 6.45) is 4.94. The predicted octanol–water partition coefficient (Wildman–Crippen LogP) is 9.91. The minimum Gasteiger partial charge on any atom is -0.489 e. The number of benzene rings is 4.